The van der Waals surface area contributed by atoms with Crippen LogP contribution in [0.4, 0.5) is 0 Å². The maximum absolute atomic E-state index is 11.8. The van der Waals surface area contributed by atoms with Gasteiger partial charge in [0, 0.05) is 5.56 Å². The lowest BCUT2D eigenvalue weighted by atomic mass is 10.0. The molecule has 0 saturated carbocycles. The molecule has 1 aromatic rings. The Balaban J connectivity index is 2.80. The summed E-state index contributed by atoms with van der Waals surface area (Å²) in [4.78, 5) is 22.3. The number of carbonyl (C=O) groups is 2. The SMILES string of the molecule is COc1ccc(C)cc1C(C)NC(=O)C(N)CC(=O)O. The van der Waals surface area contributed by atoms with Gasteiger partial charge in [-0.25, -0.2) is 0 Å². The van der Waals surface area contributed by atoms with E-state index in [1.807, 2.05) is 25.1 Å². The van der Waals surface area contributed by atoms with Crippen molar-refractivity contribution in [1.29, 1.82) is 0 Å². The molecule has 110 valence electrons. The molecule has 0 heterocycles. The van der Waals surface area contributed by atoms with Gasteiger partial charge in [-0.1, -0.05) is 17.7 Å². The molecule has 0 fully saturated rings. The largest absolute Gasteiger partial charge is 0.496 e. The number of hydrogen-bond donors (Lipinski definition) is 3. The zero-order valence-corrected chi connectivity index (χ0v) is 11.8. The molecule has 1 rings (SSSR count). The zero-order valence-electron chi connectivity index (χ0n) is 11.8. The molecule has 6 heteroatoms. The lowest BCUT2D eigenvalue weighted by molar-refractivity contribution is -0.139. The summed E-state index contributed by atoms with van der Waals surface area (Å²) in [6, 6.07) is 4.26. The fraction of sp³-hybridized carbons (Fsp3) is 0.429. The predicted octanol–water partition coefficient (Wildman–Crippen LogP) is 0.983. The smallest absolute Gasteiger partial charge is 0.305 e. The van der Waals surface area contributed by atoms with E-state index < -0.39 is 24.3 Å². The number of aryl methyl sites for hydroxylation is 1. The van der Waals surface area contributed by atoms with Crippen molar-refractivity contribution in [3.05, 3.63) is 29.3 Å². The Morgan fingerprint density at radius 3 is 2.65 bits per heavy atom. The first-order chi connectivity index (χ1) is 9.35. The molecule has 0 aliphatic rings. The maximum Gasteiger partial charge on any atom is 0.305 e. The van der Waals surface area contributed by atoms with Crippen LogP contribution in [-0.4, -0.2) is 30.1 Å². The van der Waals surface area contributed by atoms with Crippen LogP contribution in [0.25, 0.3) is 0 Å². The summed E-state index contributed by atoms with van der Waals surface area (Å²) >= 11 is 0. The third kappa shape index (κ3) is 4.24. The molecule has 0 spiro atoms. The first-order valence-corrected chi connectivity index (χ1v) is 6.27. The number of carboxylic acid groups (broad SMARTS) is 1. The lowest BCUT2D eigenvalue weighted by Crippen LogP contribution is -2.42. The highest BCUT2D eigenvalue weighted by molar-refractivity contribution is 5.86. The summed E-state index contributed by atoms with van der Waals surface area (Å²) in [5, 5.41) is 11.3. The molecule has 6 nitrogen and oxygen atoms in total. The van der Waals surface area contributed by atoms with Crippen molar-refractivity contribution in [2.45, 2.75) is 32.4 Å². The molecule has 0 bridgehead atoms. The number of carboxylic acids is 1. The second kappa shape index (κ2) is 6.91. The van der Waals surface area contributed by atoms with Gasteiger partial charge in [-0.2, -0.15) is 0 Å². The molecule has 0 saturated heterocycles. The minimum Gasteiger partial charge on any atom is -0.496 e. The maximum atomic E-state index is 11.8. The summed E-state index contributed by atoms with van der Waals surface area (Å²) in [5.74, 6) is -0.938. The average molecular weight is 280 g/mol. The quantitative estimate of drug-likeness (QED) is 0.721. The first-order valence-electron chi connectivity index (χ1n) is 6.27. The molecule has 0 radical (unpaired) electrons. The van der Waals surface area contributed by atoms with Gasteiger partial charge in [-0.05, 0) is 19.9 Å². The fourth-order valence-corrected chi connectivity index (χ4v) is 1.87. The van der Waals surface area contributed by atoms with Crippen LogP contribution in [0.2, 0.25) is 0 Å². The molecular formula is C14H20N2O4. The monoisotopic (exact) mass is 280 g/mol. The standard InChI is InChI=1S/C14H20N2O4/c1-8-4-5-12(20-3)10(6-8)9(2)16-14(19)11(15)7-13(17)18/h4-6,9,11H,7,15H2,1-3H3,(H,16,19)(H,17,18). The summed E-state index contributed by atoms with van der Waals surface area (Å²) in [6.07, 6.45) is -0.399. The fourth-order valence-electron chi connectivity index (χ4n) is 1.87. The van der Waals surface area contributed by atoms with E-state index in [2.05, 4.69) is 5.32 Å². The number of benzene rings is 1. The van der Waals surface area contributed by atoms with Crippen LogP contribution in [0.1, 0.15) is 30.5 Å². The lowest BCUT2D eigenvalue weighted by Gasteiger charge is -2.19. The average Bonchev–Trinajstić information content (AvgIpc) is 2.37. The van der Waals surface area contributed by atoms with Gasteiger partial charge in [0.25, 0.3) is 0 Å². The minimum atomic E-state index is -1.10. The minimum absolute atomic E-state index is 0.322. The third-order valence-corrected chi connectivity index (χ3v) is 2.94. The van der Waals surface area contributed by atoms with Crippen molar-refractivity contribution in [2.75, 3.05) is 7.11 Å². The molecule has 1 amide bonds. The number of aliphatic carboxylic acids is 1. The molecule has 4 N–H and O–H groups in total. The predicted molar refractivity (Wildman–Crippen MR) is 74.5 cm³/mol. The Hall–Kier alpha value is -2.08. The van der Waals surface area contributed by atoms with E-state index in [-0.39, 0.29) is 6.04 Å². The Morgan fingerprint density at radius 1 is 1.45 bits per heavy atom. The molecule has 1 aromatic carbocycles. The second-order valence-electron chi connectivity index (χ2n) is 4.68. The van der Waals surface area contributed by atoms with Crippen molar-refractivity contribution >= 4 is 11.9 Å². The number of nitrogens with one attached hydrogen (secondary N) is 1. The van der Waals surface area contributed by atoms with Crippen LogP contribution >= 0.6 is 0 Å². The second-order valence-corrected chi connectivity index (χ2v) is 4.68. The van der Waals surface area contributed by atoms with Gasteiger partial charge in [0.2, 0.25) is 5.91 Å². The van der Waals surface area contributed by atoms with E-state index in [0.717, 1.165) is 11.1 Å². The van der Waals surface area contributed by atoms with E-state index in [0.29, 0.717) is 5.75 Å². The van der Waals surface area contributed by atoms with Crippen molar-refractivity contribution in [3.8, 4) is 5.75 Å². The Labute approximate surface area is 117 Å². The van der Waals surface area contributed by atoms with Gasteiger partial charge in [0.05, 0.1) is 25.6 Å². The van der Waals surface area contributed by atoms with E-state index in [1.54, 1.807) is 14.0 Å². The molecule has 0 aliphatic carbocycles. The number of methoxy groups -OCH3 is 1. The number of carbonyl (C=O) groups excluding carboxylic acids is 1. The third-order valence-electron chi connectivity index (χ3n) is 2.94. The highest BCUT2D eigenvalue weighted by Crippen LogP contribution is 2.26. The van der Waals surface area contributed by atoms with E-state index in [1.165, 1.54) is 0 Å². The Bertz CT molecular complexity index is 502. The van der Waals surface area contributed by atoms with Crippen LogP contribution < -0.4 is 15.8 Å². The zero-order chi connectivity index (χ0) is 15.3. The van der Waals surface area contributed by atoms with Crippen LogP contribution in [0.15, 0.2) is 18.2 Å². The van der Waals surface area contributed by atoms with Crippen molar-refractivity contribution in [3.63, 3.8) is 0 Å². The van der Waals surface area contributed by atoms with Crippen LogP contribution in [0, 0.1) is 6.92 Å². The van der Waals surface area contributed by atoms with Crippen LogP contribution in [-0.2, 0) is 9.59 Å². The first kappa shape index (κ1) is 16.0. The number of amides is 1. The van der Waals surface area contributed by atoms with Crippen LogP contribution in [0.5, 0.6) is 5.75 Å². The van der Waals surface area contributed by atoms with E-state index in [4.69, 9.17) is 15.6 Å². The number of hydrogen-bond acceptors (Lipinski definition) is 4. The molecule has 20 heavy (non-hydrogen) atoms. The van der Waals surface area contributed by atoms with Gasteiger partial charge < -0.3 is 20.9 Å². The Morgan fingerprint density at radius 2 is 2.10 bits per heavy atom. The molecule has 0 aliphatic heterocycles. The molecule has 2 atom stereocenters. The number of nitrogens with two attached hydrogens (primary N) is 1. The summed E-state index contributed by atoms with van der Waals surface area (Å²) in [7, 11) is 1.55. The van der Waals surface area contributed by atoms with E-state index in [9.17, 15) is 9.59 Å². The molecule has 2 unspecified atom stereocenters. The Kier molecular flexibility index (Phi) is 5.52. The normalized spacial score (nSPS) is 13.4. The highest BCUT2D eigenvalue weighted by atomic mass is 16.5. The highest BCUT2D eigenvalue weighted by Gasteiger charge is 2.20. The van der Waals surface area contributed by atoms with Gasteiger partial charge >= 0.3 is 5.97 Å². The number of rotatable bonds is 6. The molecular weight excluding hydrogens is 260 g/mol. The van der Waals surface area contributed by atoms with Crippen LogP contribution in [0.3, 0.4) is 0 Å². The van der Waals surface area contributed by atoms with E-state index >= 15 is 0 Å². The summed E-state index contributed by atoms with van der Waals surface area (Å²) in [6.45, 7) is 3.73. The molecule has 0 aromatic heterocycles. The number of ether oxygens (including phenoxy) is 1. The van der Waals surface area contributed by atoms with Gasteiger partial charge in [0.15, 0.2) is 0 Å². The van der Waals surface area contributed by atoms with Crippen molar-refractivity contribution in [1.82, 2.24) is 5.32 Å². The van der Waals surface area contributed by atoms with Gasteiger partial charge in [-0.3, -0.25) is 9.59 Å². The summed E-state index contributed by atoms with van der Waals surface area (Å²) in [5.41, 5.74) is 7.38. The van der Waals surface area contributed by atoms with Gasteiger partial charge in [-0.15, -0.1) is 0 Å². The van der Waals surface area contributed by atoms with Crippen molar-refractivity contribution < 1.29 is 19.4 Å². The summed E-state index contributed by atoms with van der Waals surface area (Å²) < 4.78 is 5.25. The topological polar surface area (TPSA) is 102 Å². The van der Waals surface area contributed by atoms with Crippen molar-refractivity contribution in [2.24, 2.45) is 5.73 Å². The van der Waals surface area contributed by atoms with Gasteiger partial charge in [0.1, 0.15) is 5.75 Å².